The maximum absolute atomic E-state index is 15.3. The first-order valence-corrected chi connectivity index (χ1v) is 14.9. The van der Waals surface area contributed by atoms with Gasteiger partial charge in [0.15, 0.2) is 0 Å². The van der Waals surface area contributed by atoms with Gasteiger partial charge >= 0.3 is 12.2 Å². The molecule has 5 rings (SSSR count). The number of hydrogen-bond acceptors (Lipinski definition) is 4. The first-order valence-electron chi connectivity index (χ1n) is 14.9. The first kappa shape index (κ1) is 29.7. The van der Waals surface area contributed by atoms with Gasteiger partial charge in [0.05, 0.1) is 24.5 Å². The van der Waals surface area contributed by atoms with Crippen molar-refractivity contribution in [1.82, 2.24) is 10.2 Å². The number of anilines is 2. The third-order valence-corrected chi connectivity index (χ3v) is 8.66. The van der Waals surface area contributed by atoms with Crippen molar-refractivity contribution in [3.63, 3.8) is 0 Å². The van der Waals surface area contributed by atoms with Crippen LogP contribution < -0.4 is 15.1 Å². The van der Waals surface area contributed by atoms with E-state index in [1.165, 1.54) is 6.07 Å². The number of allylic oxidation sites excluding steroid dienone is 2. The molecule has 1 N–H and O–H groups in total. The predicted molar refractivity (Wildman–Crippen MR) is 152 cm³/mol. The van der Waals surface area contributed by atoms with Crippen LogP contribution in [0, 0.1) is 11.7 Å². The highest BCUT2D eigenvalue weighted by Gasteiger charge is 2.33. The van der Waals surface area contributed by atoms with Crippen LogP contribution in [0.15, 0.2) is 47.2 Å². The molecule has 224 valence electrons. The topological polar surface area (TPSA) is 48.1 Å². The zero-order valence-electron chi connectivity index (χ0n) is 23.5. The number of ether oxygens (including phenoxy) is 1. The summed E-state index contributed by atoms with van der Waals surface area (Å²) in [5.41, 5.74) is 3.62. The third kappa shape index (κ3) is 7.93. The molecule has 2 aliphatic carbocycles. The quantitative estimate of drug-likeness (QED) is 0.296. The molecule has 2 aliphatic heterocycles. The van der Waals surface area contributed by atoms with Gasteiger partial charge in [0.1, 0.15) is 5.82 Å². The van der Waals surface area contributed by atoms with Crippen LogP contribution >= 0.6 is 0 Å². The van der Waals surface area contributed by atoms with Crippen LogP contribution in [0.4, 0.5) is 33.7 Å². The largest absolute Gasteiger partial charge is 0.420 e. The Morgan fingerprint density at radius 3 is 2.49 bits per heavy atom. The summed E-state index contributed by atoms with van der Waals surface area (Å²) in [5, 5.41) is 3.17. The number of carbonyl (C=O) groups is 1. The van der Waals surface area contributed by atoms with E-state index in [2.05, 4.69) is 15.9 Å². The maximum atomic E-state index is 15.3. The van der Waals surface area contributed by atoms with Crippen LogP contribution in [-0.2, 0) is 4.74 Å². The van der Waals surface area contributed by atoms with Gasteiger partial charge < -0.3 is 19.9 Å². The molecule has 0 unspecified atom stereocenters. The van der Waals surface area contributed by atoms with E-state index < -0.39 is 11.7 Å². The molecule has 2 heterocycles. The van der Waals surface area contributed by atoms with E-state index in [-0.39, 0.29) is 30.2 Å². The molecule has 41 heavy (non-hydrogen) atoms. The minimum Gasteiger partial charge on any atom is -0.378 e. The molecular weight excluding hydrogens is 536 g/mol. The molecule has 4 aliphatic rings. The summed E-state index contributed by atoms with van der Waals surface area (Å²) in [7, 11) is 0. The van der Waals surface area contributed by atoms with Gasteiger partial charge in [-0.2, -0.15) is 13.2 Å². The summed E-state index contributed by atoms with van der Waals surface area (Å²) in [6.45, 7) is 5.17. The molecule has 6 nitrogen and oxygen atoms in total. The monoisotopic (exact) mass is 576 g/mol. The summed E-state index contributed by atoms with van der Waals surface area (Å²) in [5.74, 6) is -0.0974. The van der Waals surface area contributed by atoms with Crippen molar-refractivity contribution in [2.45, 2.75) is 63.6 Å². The van der Waals surface area contributed by atoms with Gasteiger partial charge in [-0.05, 0) is 74.9 Å². The molecule has 0 atom stereocenters. The lowest BCUT2D eigenvalue weighted by molar-refractivity contribution is -0.0928. The number of rotatable bonds is 8. The van der Waals surface area contributed by atoms with Gasteiger partial charge in [-0.25, -0.2) is 9.18 Å². The van der Waals surface area contributed by atoms with E-state index in [4.69, 9.17) is 4.74 Å². The van der Waals surface area contributed by atoms with Crippen molar-refractivity contribution in [2.75, 3.05) is 62.3 Å². The van der Waals surface area contributed by atoms with Crippen molar-refractivity contribution in [1.29, 1.82) is 0 Å². The average molecular weight is 577 g/mol. The molecule has 0 aromatic heterocycles. The standard InChI is InChI=1S/C31H40F4N4O2/c32-28-21-27(8-9-29(28)38-16-18-41-19-17-38)39(30(40)36-26-6-1-2-7-26)22-24-11-14-37(15-12-24)13-10-23-4-3-5-25(20-23)31(33,34)35/h3-4,8-9,21,24,26H,1-2,5-7,10-19,22H2,(H,36,40). The normalized spacial score (nSPS) is 21.1. The van der Waals surface area contributed by atoms with E-state index in [9.17, 15) is 18.0 Å². The van der Waals surface area contributed by atoms with Crippen molar-refractivity contribution >= 4 is 17.4 Å². The lowest BCUT2D eigenvalue weighted by atomic mass is 9.95. The van der Waals surface area contributed by atoms with E-state index in [1.807, 2.05) is 11.0 Å². The summed E-state index contributed by atoms with van der Waals surface area (Å²) in [6, 6.07) is 5.05. The Morgan fingerprint density at radius 1 is 1.07 bits per heavy atom. The number of benzene rings is 1. The second-order valence-electron chi connectivity index (χ2n) is 11.5. The molecule has 2 saturated heterocycles. The van der Waals surface area contributed by atoms with Crippen LogP contribution in [-0.4, -0.2) is 75.6 Å². The fraction of sp³-hybridized carbons (Fsp3) is 0.613. The summed E-state index contributed by atoms with van der Waals surface area (Å²) < 4.78 is 59.9. The molecule has 0 bridgehead atoms. The molecule has 10 heteroatoms. The van der Waals surface area contributed by atoms with Crippen LogP contribution in [0.1, 0.15) is 51.4 Å². The highest BCUT2D eigenvalue weighted by molar-refractivity contribution is 5.92. The van der Waals surface area contributed by atoms with E-state index in [0.717, 1.165) is 51.6 Å². The molecule has 2 amide bonds. The molecule has 3 fully saturated rings. The van der Waals surface area contributed by atoms with Crippen LogP contribution in [0.2, 0.25) is 0 Å². The number of likely N-dealkylation sites (tertiary alicyclic amines) is 1. The summed E-state index contributed by atoms with van der Waals surface area (Å²) >= 11 is 0. The lowest BCUT2D eigenvalue weighted by Crippen LogP contribution is -2.47. The highest BCUT2D eigenvalue weighted by atomic mass is 19.4. The number of amides is 2. The SMILES string of the molecule is O=C(NC1CCCC1)N(CC1CCN(CCC2=C=C(C(F)(F)F)CC=C2)CC1)c1ccc(N2CCOCC2)c(F)c1. The minimum atomic E-state index is -4.34. The second kappa shape index (κ2) is 13.4. The molecule has 1 saturated carbocycles. The second-order valence-corrected chi connectivity index (χ2v) is 11.5. The van der Waals surface area contributed by atoms with Crippen molar-refractivity contribution in [3.8, 4) is 0 Å². The van der Waals surface area contributed by atoms with Crippen molar-refractivity contribution < 1.29 is 27.1 Å². The Hall–Kier alpha value is -2.81. The number of carbonyl (C=O) groups excluding carboxylic acids is 1. The zero-order valence-corrected chi connectivity index (χ0v) is 23.5. The van der Waals surface area contributed by atoms with Crippen molar-refractivity contribution in [2.24, 2.45) is 5.92 Å². The van der Waals surface area contributed by atoms with E-state index in [0.29, 0.717) is 62.8 Å². The van der Waals surface area contributed by atoms with Gasteiger partial charge in [0.2, 0.25) is 0 Å². The van der Waals surface area contributed by atoms with Crippen molar-refractivity contribution in [3.05, 3.63) is 53.0 Å². The van der Waals surface area contributed by atoms with Crippen LogP contribution in [0.5, 0.6) is 0 Å². The Bertz CT molecular complexity index is 1160. The minimum absolute atomic E-state index is 0.122. The smallest absolute Gasteiger partial charge is 0.378 e. The lowest BCUT2D eigenvalue weighted by Gasteiger charge is -2.35. The number of morpholine rings is 1. The maximum Gasteiger partial charge on any atom is 0.420 e. The Balaban J connectivity index is 1.21. The van der Waals surface area contributed by atoms with Crippen LogP contribution in [0.3, 0.4) is 0 Å². The highest BCUT2D eigenvalue weighted by Crippen LogP contribution is 2.31. The summed E-state index contributed by atoms with van der Waals surface area (Å²) in [4.78, 5) is 19.4. The van der Waals surface area contributed by atoms with Gasteiger partial charge in [0, 0.05) is 44.3 Å². The third-order valence-electron chi connectivity index (χ3n) is 8.66. The average Bonchev–Trinajstić information content (AvgIpc) is 3.48. The predicted octanol–water partition coefficient (Wildman–Crippen LogP) is 6.20. The first-order chi connectivity index (χ1) is 19.8. The Labute approximate surface area is 239 Å². The molecule has 1 aromatic carbocycles. The van der Waals surface area contributed by atoms with E-state index >= 15 is 4.39 Å². The van der Waals surface area contributed by atoms with Gasteiger partial charge in [0.25, 0.3) is 0 Å². The number of piperidine rings is 1. The number of alkyl halides is 3. The van der Waals surface area contributed by atoms with Gasteiger partial charge in [-0.3, -0.25) is 4.90 Å². The molecule has 1 aromatic rings. The molecule has 0 spiro atoms. The molecule has 0 radical (unpaired) electrons. The number of nitrogens with one attached hydrogen (secondary N) is 1. The number of nitrogens with zero attached hydrogens (tertiary/aromatic N) is 3. The van der Waals surface area contributed by atoms with Gasteiger partial charge in [-0.1, -0.05) is 25.0 Å². The Morgan fingerprint density at radius 2 is 1.80 bits per heavy atom. The van der Waals surface area contributed by atoms with Gasteiger partial charge in [-0.15, -0.1) is 5.73 Å². The fourth-order valence-electron chi connectivity index (χ4n) is 6.22. The zero-order chi connectivity index (χ0) is 28.8. The molecular formula is C31H40F4N4O2. The Kier molecular flexibility index (Phi) is 9.73. The van der Waals surface area contributed by atoms with Crippen LogP contribution in [0.25, 0.3) is 0 Å². The fourth-order valence-corrected chi connectivity index (χ4v) is 6.22. The number of halogens is 4. The summed E-state index contributed by atoms with van der Waals surface area (Å²) in [6.07, 6.45) is 5.22. The number of urea groups is 1. The number of hydrogen-bond donors (Lipinski definition) is 1. The van der Waals surface area contributed by atoms with E-state index in [1.54, 1.807) is 23.1 Å².